The van der Waals surface area contributed by atoms with E-state index in [-0.39, 0.29) is 6.04 Å². The fourth-order valence-electron chi connectivity index (χ4n) is 1.25. The molecule has 4 heteroatoms. The summed E-state index contributed by atoms with van der Waals surface area (Å²) in [6.07, 6.45) is 0. The van der Waals surface area contributed by atoms with Crippen molar-refractivity contribution in [1.82, 2.24) is 4.90 Å². The third kappa shape index (κ3) is 3.25. The summed E-state index contributed by atoms with van der Waals surface area (Å²) < 4.78 is 25.9. The molecule has 1 aromatic rings. The van der Waals surface area contributed by atoms with Crippen LogP contribution in [0.3, 0.4) is 0 Å². The molecule has 0 bridgehead atoms. The van der Waals surface area contributed by atoms with E-state index in [0.29, 0.717) is 18.7 Å². The maximum Gasteiger partial charge on any atom is 0.130 e. The van der Waals surface area contributed by atoms with Crippen LogP contribution in [0.4, 0.5) is 8.78 Å². The Kier molecular flexibility index (Phi) is 4.17. The minimum atomic E-state index is -0.550. The highest BCUT2D eigenvalue weighted by Crippen LogP contribution is 2.12. The monoisotopic (exact) mass is 214 g/mol. The molecule has 0 amide bonds. The third-order valence-corrected chi connectivity index (χ3v) is 2.53. The SMILES string of the molecule is CC(CN)N(C)Cc1ccc(F)cc1F. The minimum absolute atomic E-state index is 0.175. The van der Waals surface area contributed by atoms with Gasteiger partial charge in [0.1, 0.15) is 11.6 Å². The topological polar surface area (TPSA) is 29.3 Å². The molecule has 84 valence electrons. The lowest BCUT2D eigenvalue weighted by Crippen LogP contribution is -2.34. The molecule has 0 saturated heterocycles. The number of halogens is 2. The van der Waals surface area contributed by atoms with E-state index in [9.17, 15) is 8.78 Å². The first-order chi connectivity index (χ1) is 7.04. The zero-order valence-corrected chi connectivity index (χ0v) is 9.00. The molecule has 0 fully saturated rings. The first-order valence-corrected chi connectivity index (χ1v) is 4.89. The highest BCUT2D eigenvalue weighted by molar-refractivity contribution is 5.18. The van der Waals surface area contributed by atoms with Crippen LogP contribution in [0.1, 0.15) is 12.5 Å². The molecule has 15 heavy (non-hydrogen) atoms. The maximum atomic E-state index is 13.3. The summed E-state index contributed by atoms with van der Waals surface area (Å²) in [5, 5.41) is 0. The zero-order valence-electron chi connectivity index (χ0n) is 9.00. The van der Waals surface area contributed by atoms with Crippen molar-refractivity contribution < 1.29 is 8.78 Å². The lowest BCUT2D eigenvalue weighted by molar-refractivity contribution is 0.251. The van der Waals surface area contributed by atoms with Crippen LogP contribution in [0.5, 0.6) is 0 Å². The molecule has 0 aromatic heterocycles. The van der Waals surface area contributed by atoms with E-state index in [2.05, 4.69) is 0 Å². The number of likely N-dealkylation sites (N-methyl/N-ethyl adjacent to an activating group) is 1. The van der Waals surface area contributed by atoms with Crippen molar-refractivity contribution in [1.29, 1.82) is 0 Å². The summed E-state index contributed by atoms with van der Waals surface area (Å²) in [4.78, 5) is 1.93. The molecule has 0 spiro atoms. The Hall–Kier alpha value is -1.00. The quantitative estimate of drug-likeness (QED) is 0.827. The van der Waals surface area contributed by atoms with Crippen molar-refractivity contribution in [2.75, 3.05) is 13.6 Å². The first-order valence-electron chi connectivity index (χ1n) is 4.89. The molecule has 0 heterocycles. The van der Waals surface area contributed by atoms with Gasteiger partial charge in [-0.25, -0.2) is 8.78 Å². The van der Waals surface area contributed by atoms with E-state index in [1.165, 1.54) is 12.1 Å². The van der Waals surface area contributed by atoms with Gasteiger partial charge < -0.3 is 5.73 Å². The molecule has 0 aliphatic carbocycles. The van der Waals surface area contributed by atoms with Gasteiger partial charge in [0.15, 0.2) is 0 Å². The predicted octanol–water partition coefficient (Wildman–Crippen LogP) is 1.74. The van der Waals surface area contributed by atoms with E-state index in [1.54, 1.807) is 0 Å². The van der Waals surface area contributed by atoms with Crippen LogP contribution in [0.15, 0.2) is 18.2 Å². The Balaban J connectivity index is 2.72. The van der Waals surface area contributed by atoms with E-state index in [1.807, 2.05) is 18.9 Å². The second-order valence-corrected chi connectivity index (χ2v) is 3.74. The smallest absolute Gasteiger partial charge is 0.130 e. The third-order valence-electron chi connectivity index (χ3n) is 2.53. The number of hydrogen-bond acceptors (Lipinski definition) is 2. The molecule has 0 radical (unpaired) electrons. The van der Waals surface area contributed by atoms with Crippen LogP contribution in [0.25, 0.3) is 0 Å². The van der Waals surface area contributed by atoms with E-state index in [4.69, 9.17) is 5.73 Å². The van der Waals surface area contributed by atoms with Crippen molar-refractivity contribution in [3.63, 3.8) is 0 Å². The van der Waals surface area contributed by atoms with Gasteiger partial charge in [0, 0.05) is 30.8 Å². The number of benzene rings is 1. The van der Waals surface area contributed by atoms with Crippen LogP contribution >= 0.6 is 0 Å². The fourth-order valence-corrected chi connectivity index (χ4v) is 1.25. The molecule has 2 nitrogen and oxygen atoms in total. The van der Waals surface area contributed by atoms with Gasteiger partial charge in [0.05, 0.1) is 0 Å². The second-order valence-electron chi connectivity index (χ2n) is 3.74. The van der Waals surface area contributed by atoms with Crippen molar-refractivity contribution in [2.45, 2.75) is 19.5 Å². The zero-order chi connectivity index (χ0) is 11.4. The Morgan fingerprint density at radius 1 is 1.40 bits per heavy atom. The number of nitrogens with zero attached hydrogens (tertiary/aromatic N) is 1. The highest BCUT2D eigenvalue weighted by Gasteiger charge is 2.10. The number of hydrogen-bond donors (Lipinski definition) is 1. The molecule has 0 aliphatic rings. The summed E-state index contributed by atoms with van der Waals surface area (Å²) in [6, 6.07) is 3.80. The lowest BCUT2D eigenvalue weighted by atomic mass is 10.1. The number of rotatable bonds is 4. The Morgan fingerprint density at radius 2 is 2.07 bits per heavy atom. The summed E-state index contributed by atoms with van der Waals surface area (Å²) in [7, 11) is 1.86. The second kappa shape index (κ2) is 5.19. The maximum absolute atomic E-state index is 13.3. The van der Waals surface area contributed by atoms with Crippen molar-refractivity contribution in [2.24, 2.45) is 5.73 Å². The normalized spacial score (nSPS) is 13.2. The van der Waals surface area contributed by atoms with Crippen molar-refractivity contribution >= 4 is 0 Å². The van der Waals surface area contributed by atoms with Crippen LogP contribution in [0.2, 0.25) is 0 Å². The Labute approximate surface area is 88.7 Å². The van der Waals surface area contributed by atoms with Gasteiger partial charge in [-0.05, 0) is 20.0 Å². The molecule has 1 unspecified atom stereocenters. The van der Waals surface area contributed by atoms with Crippen LogP contribution in [-0.4, -0.2) is 24.5 Å². The van der Waals surface area contributed by atoms with Gasteiger partial charge in [-0.1, -0.05) is 6.07 Å². The van der Waals surface area contributed by atoms with Crippen molar-refractivity contribution in [3.8, 4) is 0 Å². The molecule has 1 aromatic carbocycles. The summed E-state index contributed by atoms with van der Waals surface area (Å²) in [6.45, 7) is 2.91. The molecule has 0 aliphatic heterocycles. The van der Waals surface area contributed by atoms with Gasteiger partial charge in [-0.15, -0.1) is 0 Å². The van der Waals surface area contributed by atoms with Crippen LogP contribution in [-0.2, 0) is 6.54 Å². The van der Waals surface area contributed by atoms with Gasteiger partial charge in [0.2, 0.25) is 0 Å². The fraction of sp³-hybridized carbons (Fsp3) is 0.455. The Bertz CT molecular complexity index is 328. The number of nitrogens with two attached hydrogens (primary N) is 1. The van der Waals surface area contributed by atoms with E-state index in [0.717, 1.165) is 6.07 Å². The molecule has 1 rings (SSSR count). The van der Waals surface area contributed by atoms with Gasteiger partial charge in [-0.3, -0.25) is 4.90 Å². The molecule has 1 atom stereocenters. The van der Waals surface area contributed by atoms with Gasteiger partial charge in [0.25, 0.3) is 0 Å². The van der Waals surface area contributed by atoms with E-state index < -0.39 is 11.6 Å². The van der Waals surface area contributed by atoms with E-state index >= 15 is 0 Å². The molecular formula is C11H16F2N2. The average molecular weight is 214 g/mol. The molecule has 2 N–H and O–H groups in total. The lowest BCUT2D eigenvalue weighted by Gasteiger charge is -2.23. The standard InChI is InChI=1S/C11H16F2N2/c1-8(6-14)15(2)7-9-3-4-10(12)5-11(9)13/h3-5,8H,6-7,14H2,1-2H3. The first kappa shape index (κ1) is 12.1. The molecule has 0 saturated carbocycles. The summed E-state index contributed by atoms with van der Waals surface area (Å²) in [5.74, 6) is -1.06. The van der Waals surface area contributed by atoms with Gasteiger partial charge in [-0.2, -0.15) is 0 Å². The van der Waals surface area contributed by atoms with Crippen LogP contribution < -0.4 is 5.73 Å². The molecular weight excluding hydrogens is 198 g/mol. The highest BCUT2D eigenvalue weighted by atomic mass is 19.1. The average Bonchev–Trinajstić information content (AvgIpc) is 2.20. The van der Waals surface area contributed by atoms with Crippen LogP contribution in [0, 0.1) is 11.6 Å². The summed E-state index contributed by atoms with van der Waals surface area (Å²) >= 11 is 0. The van der Waals surface area contributed by atoms with Crippen molar-refractivity contribution in [3.05, 3.63) is 35.4 Å². The minimum Gasteiger partial charge on any atom is -0.329 e. The summed E-state index contributed by atoms with van der Waals surface area (Å²) in [5.41, 5.74) is 5.98. The largest absolute Gasteiger partial charge is 0.329 e. The van der Waals surface area contributed by atoms with Gasteiger partial charge >= 0.3 is 0 Å². The Morgan fingerprint density at radius 3 is 2.60 bits per heavy atom. The predicted molar refractivity (Wildman–Crippen MR) is 56.3 cm³/mol.